The molecular formula is C21H30N6O. The molecule has 3 fully saturated rings. The number of hydrogen-bond donors (Lipinski definition) is 1. The second-order valence-electron chi connectivity index (χ2n) is 8.61. The Bertz CT molecular complexity index is 876. The van der Waals surface area contributed by atoms with Crippen molar-refractivity contribution in [3.63, 3.8) is 0 Å². The van der Waals surface area contributed by atoms with Gasteiger partial charge in [-0.15, -0.1) is 10.2 Å². The number of nitrogens with zero attached hydrogens (tertiary/aromatic N) is 5. The number of piperidine rings is 1. The molecule has 2 saturated carbocycles. The van der Waals surface area contributed by atoms with E-state index in [0.717, 1.165) is 31.0 Å². The molecule has 1 atom stereocenters. The minimum atomic E-state index is -0.0290. The molecule has 7 nitrogen and oxygen atoms in total. The molecule has 0 radical (unpaired) electrons. The molecule has 0 spiro atoms. The summed E-state index contributed by atoms with van der Waals surface area (Å²) in [5.41, 5.74) is 1.94. The van der Waals surface area contributed by atoms with Crippen molar-refractivity contribution in [1.82, 2.24) is 29.5 Å². The van der Waals surface area contributed by atoms with Gasteiger partial charge >= 0.3 is 0 Å². The lowest BCUT2D eigenvalue weighted by atomic mass is 9.99. The van der Waals surface area contributed by atoms with Crippen LogP contribution in [0.25, 0.3) is 0 Å². The fourth-order valence-corrected chi connectivity index (χ4v) is 4.71. The van der Waals surface area contributed by atoms with Gasteiger partial charge in [0.1, 0.15) is 17.3 Å². The zero-order chi connectivity index (χ0) is 19.3. The van der Waals surface area contributed by atoms with Crippen molar-refractivity contribution < 1.29 is 4.79 Å². The zero-order valence-corrected chi connectivity index (χ0v) is 16.9. The fraction of sp³-hybridized carbons (Fsp3) is 0.667. The van der Waals surface area contributed by atoms with Gasteiger partial charge in [0.15, 0.2) is 0 Å². The van der Waals surface area contributed by atoms with Crippen molar-refractivity contribution in [2.75, 3.05) is 13.6 Å². The summed E-state index contributed by atoms with van der Waals surface area (Å²) >= 11 is 0. The van der Waals surface area contributed by atoms with Gasteiger partial charge < -0.3 is 14.5 Å². The van der Waals surface area contributed by atoms with Crippen LogP contribution in [0, 0.1) is 0 Å². The Hall–Kier alpha value is -2.15. The second-order valence-corrected chi connectivity index (χ2v) is 8.61. The average molecular weight is 383 g/mol. The van der Waals surface area contributed by atoms with E-state index in [-0.39, 0.29) is 5.91 Å². The summed E-state index contributed by atoms with van der Waals surface area (Å²) in [6, 6.07) is 5.01. The minimum Gasteiger partial charge on any atom is -0.354 e. The van der Waals surface area contributed by atoms with Gasteiger partial charge in [-0.1, -0.05) is 6.42 Å². The summed E-state index contributed by atoms with van der Waals surface area (Å²) in [5.74, 6) is 2.98. The van der Waals surface area contributed by atoms with E-state index in [4.69, 9.17) is 0 Å². The van der Waals surface area contributed by atoms with Crippen LogP contribution in [-0.2, 0) is 13.6 Å². The molecule has 28 heavy (non-hydrogen) atoms. The molecule has 0 aromatic carbocycles. The van der Waals surface area contributed by atoms with Gasteiger partial charge in [0.2, 0.25) is 0 Å². The molecule has 5 rings (SSSR count). The number of amides is 1. The van der Waals surface area contributed by atoms with E-state index in [1.807, 2.05) is 13.1 Å². The maximum absolute atomic E-state index is 12.1. The van der Waals surface area contributed by atoms with Crippen LogP contribution in [0.15, 0.2) is 12.1 Å². The van der Waals surface area contributed by atoms with Gasteiger partial charge in [-0.2, -0.15) is 0 Å². The highest BCUT2D eigenvalue weighted by atomic mass is 16.1. The van der Waals surface area contributed by atoms with Gasteiger partial charge in [-0.05, 0) is 57.2 Å². The summed E-state index contributed by atoms with van der Waals surface area (Å²) in [6.07, 6.45) is 8.63. The molecule has 7 heteroatoms. The van der Waals surface area contributed by atoms with Crippen molar-refractivity contribution in [3.8, 4) is 0 Å². The Morgan fingerprint density at radius 2 is 1.96 bits per heavy atom. The third-order valence-electron chi connectivity index (χ3n) is 6.57. The predicted octanol–water partition coefficient (Wildman–Crippen LogP) is 2.92. The summed E-state index contributed by atoms with van der Waals surface area (Å²) in [4.78, 5) is 14.7. The van der Waals surface area contributed by atoms with Crippen molar-refractivity contribution in [1.29, 1.82) is 0 Å². The van der Waals surface area contributed by atoms with Crippen LogP contribution in [0.4, 0.5) is 0 Å². The minimum absolute atomic E-state index is 0.0290. The topological polar surface area (TPSA) is 68.0 Å². The molecular weight excluding hydrogens is 352 g/mol. The highest BCUT2D eigenvalue weighted by molar-refractivity contribution is 5.92. The molecule has 3 heterocycles. The summed E-state index contributed by atoms with van der Waals surface area (Å²) in [5, 5.41) is 12.0. The first-order chi connectivity index (χ1) is 13.7. The number of likely N-dealkylation sites (tertiary alicyclic amines) is 1. The number of hydrogen-bond acceptors (Lipinski definition) is 4. The highest BCUT2D eigenvalue weighted by Gasteiger charge is 2.37. The maximum atomic E-state index is 12.1. The third kappa shape index (κ3) is 3.15. The largest absolute Gasteiger partial charge is 0.354 e. The van der Waals surface area contributed by atoms with E-state index < -0.39 is 0 Å². The number of carbonyl (C=O) groups excluding carboxylic acids is 1. The molecule has 0 bridgehead atoms. The van der Waals surface area contributed by atoms with Gasteiger partial charge in [0.25, 0.3) is 5.91 Å². The van der Waals surface area contributed by atoms with E-state index >= 15 is 0 Å². The lowest BCUT2D eigenvalue weighted by Crippen LogP contribution is -2.35. The van der Waals surface area contributed by atoms with E-state index in [1.165, 1.54) is 50.0 Å². The maximum Gasteiger partial charge on any atom is 0.267 e. The molecule has 2 aromatic heterocycles. The van der Waals surface area contributed by atoms with E-state index in [0.29, 0.717) is 18.0 Å². The SMILES string of the molecule is CNC(=O)c1ccc([C@@H]2CCCCN2Cc2nnc(C3CC3)n2C2CC2)n1C. The summed E-state index contributed by atoms with van der Waals surface area (Å²) in [6.45, 7) is 1.92. The van der Waals surface area contributed by atoms with Crippen LogP contribution in [0.3, 0.4) is 0 Å². The molecule has 2 aromatic rings. The Morgan fingerprint density at radius 3 is 2.68 bits per heavy atom. The van der Waals surface area contributed by atoms with Crippen LogP contribution in [0.1, 0.15) is 90.8 Å². The number of rotatable bonds is 6. The zero-order valence-electron chi connectivity index (χ0n) is 16.9. The molecule has 1 amide bonds. The Balaban J connectivity index is 1.42. The fourth-order valence-electron chi connectivity index (χ4n) is 4.71. The van der Waals surface area contributed by atoms with E-state index in [9.17, 15) is 4.79 Å². The van der Waals surface area contributed by atoms with E-state index in [2.05, 4.69) is 35.6 Å². The van der Waals surface area contributed by atoms with E-state index in [1.54, 1.807) is 7.05 Å². The average Bonchev–Trinajstić information content (AvgIpc) is 3.64. The molecule has 1 N–H and O–H groups in total. The monoisotopic (exact) mass is 382 g/mol. The second kappa shape index (κ2) is 7.03. The van der Waals surface area contributed by atoms with Gasteiger partial charge in [0, 0.05) is 31.7 Å². The van der Waals surface area contributed by atoms with Crippen LogP contribution in [0.2, 0.25) is 0 Å². The number of aromatic nitrogens is 4. The molecule has 1 saturated heterocycles. The van der Waals surface area contributed by atoms with Crippen LogP contribution >= 0.6 is 0 Å². The summed E-state index contributed by atoms with van der Waals surface area (Å²) < 4.78 is 4.52. The van der Waals surface area contributed by atoms with Crippen molar-refractivity contribution in [2.45, 2.75) is 69.5 Å². The lowest BCUT2D eigenvalue weighted by Gasteiger charge is -2.36. The first-order valence-electron chi connectivity index (χ1n) is 10.7. The quantitative estimate of drug-likeness (QED) is 0.834. The first kappa shape index (κ1) is 17.9. The standard InChI is InChI=1S/C21H30N6O/c1-22-21(28)18-11-10-16(25(18)2)17-5-3-4-12-26(17)13-19-23-24-20(14-6-7-14)27(19)15-8-9-15/h10-11,14-15,17H,3-9,12-13H2,1-2H3,(H,22,28)/t17-/m0/s1. The Labute approximate surface area is 166 Å². The molecule has 3 aliphatic rings. The third-order valence-corrected chi connectivity index (χ3v) is 6.57. The molecule has 0 unspecified atom stereocenters. The van der Waals surface area contributed by atoms with Gasteiger partial charge in [-0.3, -0.25) is 9.69 Å². The van der Waals surface area contributed by atoms with Gasteiger partial charge in [0.05, 0.1) is 12.6 Å². The predicted molar refractivity (Wildman–Crippen MR) is 106 cm³/mol. The van der Waals surface area contributed by atoms with Gasteiger partial charge in [-0.25, -0.2) is 0 Å². The van der Waals surface area contributed by atoms with Crippen LogP contribution in [-0.4, -0.2) is 43.7 Å². The molecule has 2 aliphatic carbocycles. The Morgan fingerprint density at radius 1 is 1.14 bits per heavy atom. The lowest BCUT2D eigenvalue weighted by molar-refractivity contribution is 0.0951. The normalized spacial score (nSPS) is 23.1. The first-order valence-corrected chi connectivity index (χ1v) is 10.7. The van der Waals surface area contributed by atoms with Crippen molar-refractivity contribution in [3.05, 3.63) is 35.2 Å². The number of nitrogens with one attached hydrogen (secondary N) is 1. The highest BCUT2D eigenvalue weighted by Crippen LogP contribution is 2.45. The van der Waals surface area contributed by atoms with Crippen molar-refractivity contribution in [2.24, 2.45) is 7.05 Å². The summed E-state index contributed by atoms with van der Waals surface area (Å²) in [7, 11) is 3.69. The molecule has 150 valence electrons. The smallest absolute Gasteiger partial charge is 0.267 e. The van der Waals surface area contributed by atoms with Crippen LogP contribution < -0.4 is 5.32 Å². The Kier molecular flexibility index (Phi) is 4.50. The molecule has 1 aliphatic heterocycles. The van der Waals surface area contributed by atoms with Crippen molar-refractivity contribution >= 4 is 5.91 Å². The number of carbonyl (C=O) groups is 1. The van der Waals surface area contributed by atoms with Crippen LogP contribution in [0.5, 0.6) is 0 Å².